The molecule has 0 radical (unpaired) electrons. The van der Waals surface area contributed by atoms with E-state index >= 15 is 0 Å². The van der Waals surface area contributed by atoms with Gasteiger partial charge in [-0.2, -0.15) is 0 Å². The number of aromatic nitrogens is 3. The van der Waals surface area contributed by atoms with Gasteiger partial charge in [-0.3, -0.25) is 0 Å². The predicted molar refractivity (Wildman–Crippen MR) is 126 cm³/mol. The van der Waals surface area contributed by atoms with Crippen molar-refractivity contribution >= 4 is 29.9 Å². The van der Waals surface area contributed by atoms with Crippen molar-refractivity contribution < 1.29 is 4.74 Å². The Balaban J connectivity index is 0.00000300. The van der Waals surface area contributed by atoms with Crippen LogP contribution in [0.3, 0.4) is 0 Å². The van der Waals surface area contributed by atoms with Gasteiger partial charge in [-0.1, -0.05) is 49.6 Å². The second-order valence-corrected chi connectivity index (χ2v) is 7.33. The van der Waals surface area contributed by atoms with E-state index in [4.69, 9.17) is 9.73 Å². The molecular formula is C21H33IN6O. The van der Waals surface area contributed by atoms with Crippen LogP contribution in [0.25, 0.3) is 0 Å². The summed E-state index contributed by atoms with van der Waals surface area (Å²) in [5.74, 6) is 2.59. The number of guanidine groups is 1. The third kappa shape index (κ3) is 7.93. The van der Waals surface area contributed by atoms with Gasteiger partial charge in [0.15, 0.2) is 11.8 Å². The van der Waals surface area contributed by atoms with Gasteiger partial charge >= 0.3 is 0 Å². The Morgan fingerprint density at radius 2 is 1.93 bits per heavy atom. The highest BCUT2D eigenvalue weighted by Crippen LogP contribution is 2.17. The van der Waals surface area contributed by atoms with E-state index in [0.29, 0.717) is 32.3 Å². The van der Waals surface area contributed by atoms with Crippen LogP contribution in [0, 0.1) is 6.92 Å². The molecule has 1 aliphatic carbocycles. The minimum atomic E-state index is 0. The van der Waals surface area contributed by atoms with Gasteiger partial charge in [0.1, 0.15) is 12.4 Å². The number of hydrogen-bond acceptors (Lipinski definition) is 4. The Labute approximate surface area is 190 Å². The molecular weight excluding hydrogens is 479 g/mol. The van der Waals surface area contributed by atoms with Crippen molar-refractivity contribution in [1.82, 2.24) is 25.4 Å². The number of ether oxygens (including phenoxy) is 1. The van der Waals surface area contributed by atoms with Crippen molar-refractivity contribution in [2.24, 2.45) is 12.0 Å². The molecule has 0 spiro atoms. The molecule has 8 heteroatoms. The molecule has 1 fully saturated rings. The average molecular weight is 512 g/mol. The van der Waals surface area contributed by atoms with E-state index in [2.05, 4.69) is 33.0 Å². The number of nitrogens with zero attached hydrogens (tertiary/aromatic N) is 4. The second-order valence-electron chi connectivity index (χ2n) is 7.33. The van der Waals surface area contributed by atoms with Crippen LogP contribution in [0.1, 0.15) is 49.3 Å². The van der Waals surface area contributed by atoms with Gasteiger partial charge in [0.2, 0.25) is 0 Å². The van der Waals surface area contributed by atoms with Crippen molar-refractivity contribution in [2.75, 3.05) is 13.2 Å². The normalized spacial score (nSPS) is 15.0. The fraction of sp³-hybridized carbons (Fsp3) is 0.571. The lowest BCUT2D eigenvalue weighted by Crippen LogP contribution is -2.45. The fourth-order valence-electron chi connectivity index (χ4n) is 3.34. The van der Waals surface area contributed by atoms with Gasteiger partial charge in [0, 0.05) is 19.6 Å². The summed E-state index contributed by atoms with van der Waals surface area (Å²) in [6.45, 7) is 4.42. The molecule has 0 atom stereocenters. The van der Waals surface area contributed by atoms with Crippen LogP contribution in [0.15, 0.2) is 35.3 Å². The van der Waals surface area contributed by atoms with Gasteiger partial charge in [-0.15, -0.1) is 34.2 Å². The predicted octanol–water partition coefficient (Wildman–Crippen LogP) is 3.33. The number of aliphatic imine (C=N–C) groups is 1. The van der Waals surface area contributed by atoms with E-state index in [-0.39, 0.29) is 24.0 Å². The number of hydrogen-bond donors (Lipinski definition) is 2. The molecule has 0 aliphatic heterocycles. The molecule has 1 saturated carbocycles. The molecule has 0 amide bonds. The summed E-state index contributed by atoms with van der Waals surface area (Å²) >= 11 is 0. The minimum Gasteiger partial charge on any atom is -0.375 e. The molecule has 0 saturated heterocycles. The molecule has 1 aromatic carbocycles. The molecule has 2 aromatic rings. The number of benzene rings is 1. The Morgan fingerprint density at radius 1 is 1.17 bits per heavy atom. The van der Waals surface area contributed by atoms with Crippen molar-refractivity contribution in [3.63, 3.8) is 0 Å². The molecule has 3 rings (SSSR count). The highest BCUT2D eigenvalue weighted by atomic mass is 127. The van der Waals surface area contributed by atoms with Gasteiger partial charge in [-0.25, -0.2) is 4.99 Å². The molecule has 0 unspecified atom stereocenters. The number of rotatable bonds is 8. The number of halogens is 1. The van der Waals surface area contributed by atoms with E-state index in [9.17, 15) is 0 Å². The first-order valence-corrected chi connectivity index (χ1v) is 10.2. The summed E-state index contributed by atoms with van der Waals surface area (Å²) in [6.07, 6.45) is 6.31. The third-order valence-corrected chi connectivity index (χ3v) is 5.16. The molecule has 7 nitrogen and oxygen atoms in total. The molecule has 160 valence electrons. The largest absolute Gasteiger partial charge is 0.375 e. The summed E-state index contributed by atoms with van der Waals surface area (Å²) in [7, 11) is 1.97. The first-order valence-electron chi connectivity index (χ1n) is 10.2. The molecule has 1 heterocycles. The molecule has 1 aliphatic rings. The second kappa shape index (κ2) is 12.8. The Hall–Kier alpha value is -1.68. The van der Waals surface area contributed by atoms with E-state index in [1.807, 2.05) is 36.7 Å². The monoisotopic (exact) mass is 512 g/mol. The van der Waals surface area contributed by atoms with Crippen LogP contribution in [0.2, 0.25) is 0 Å². The van der Waals surface area contributed by atoms with Crippen LogP contribution < -0.4 is 10.6 Å². The summed E-state index contributed by atoms with van der Waals surface area (Å²) in [4.78, 5) is 4.73. The van der Waals surface area contributed by atoms with Gasteiger partial charge in [0.25, 0.3) is 0 Å². The van der Waals surface area contributed by atoms with Crippen LogP contribution in [-0.4, -0.2) is 39.9 Å². The van der Waals surface area contributed by atoms with Crippen molar-refractivity contribution in [1.29, 1.82) is 0 Å². The first kappa shape index (κ1) is 23.6. The van der Waals surface area contributed by atoms with Crippen molar-refractivity contribution in [3.8, 4) is 0 Å². The maximum atomic E-state index is 5.77. The summed E-state index contributed by atoms with van der Waals surface area (Å²) in [6, 6.07) is 10.7. The number of nitrogens with one attached hydrogen (secondary N) is 2. The van der Waals surface area contributed by atoms with Crippen LogP contribution in [0.5, 0.6) is 0 Å². The van der Waals surface area contributed by atoms with E-state index in [1.54, 1.807) is 0 Å². The van der Waals surface area contributed by atoms with E-state index in [1.165, 1.54) is 37.7 Å². The summed E-state index contributed by atoms with van der Waals surface area (Å²) < 4.78 is 7.75. The molecule has 29 heavy (non-hydrogen) atoms. The maximum absolute atomic E-state index is 5.77. The lowest BCUT2D eigenvalue weighted by Gasteiger charge is -2.25. The van der Waals surface area contributed by atoms with Crippen LogP contribution >= 0.6 is 24.0 Å². The van der Waals surface area contributed by atoms with E-state index in [0.717, 1.165) is 17.6 Å². The lowest BCUT2D eigenvalue weighted by atomic mass is 9.96. The zero-order chi connectivity index (χ0) is 19.6. The number of aryl methyl sites for hydroxylation is 1. The van der Waals surface area contributed by atoms with Crippen LogP contribution in [0.4, 0.5) is 0 Å². The Bertz CT molecular complexity index is 743. The van der Waals surface area contributed by atoms with Crippen molar-refractivity contribution in [3.05, 3.63) is 47.5 Å². The fourth-order valence-corrected chi connectivity index (χ4v) is 3.34. The highest BCUT2D eigenvalue weighted by molar-refractivity contribution is 14.0. The summed E-state index contributed by atoms with van der Waals surface area (Å²) in [5.41, 5.74) is 1.19. The highest BCUT2D eigenvalue weighted by Gasteiger charge is 2.15. The standard InChI is InChI=1S/C21H32N6O.HI/c1-17-25-26-20(27(17)2)15-23-21(24-19-11-7-4-8-12-19)22-13-14-28-16-18-9-5-3-6-10-18;/h3,5-6,9-10,19H,4,7-8,11-16H2,1-2H3,(H2,22,23,24);1H. The lowest BCUT2D eigenvalue weighted by molar-refractivity contribution is 0.125. The quantitative estimate of drug-likeness (QED) is 0.246. The Morgan fingerprint density at radius 3 is 2.62 bits per heavy atom. The molecule has 0 bridgehead atoms. The zero-order valence-electron chi connectivity index (χ0n) is 17.4. The van der Waals surface area contributed by atoms with Crippen LogP contribution in [-0.2, 0) is 24.9 Å². The summed E-state index contributed by atoms with van der Waals surface area (Å²) in [5, 5.41) is 15.3. The third-order valence-electron chi connectivity index (χ3n) is 5.16. The SMILES string of the molecule is Cc1nnc(CN=C(NCCOCc2ccccc2)NC2CCCCC2)n1C.I. The zero-order valence-corrected chi connectivity index (χ0v) is 19.8. The van der Waals surface area contributed by atoms with E-state index < -0.39 is 0 Å². The van der Waals surface area contributed by atoms with Gasteiger partial charge < -0.3 is 19.9 Å². The smallest absolute Gasteiger partial charge is 0.192 e. The Kier molecular flexibility index (Phi) is 10.4. The average Bonchev–Trinajstić information content (AvgIpc) is 3.05. The van der Waals surface area contributed by atoms with Gasteiger partial charge in [0.05, 0.1) is 13.2 Å². The first-order chi connectivity index (χ1) is 13.7. The molecule has 2 N–H and O–H groups in total. The van der Waals surface area contributed by atoms with Gasteiger partial charge in [-0.05, 0) is 25.3 Å². The topological polar surface area (TPSA) is 76.4 Å². The maximum Gasteiger partial charge on any atom is 0.192 e. The minimum absolute atomic E-state index is 0. The molecule has 1 aromatic heterocycles. The van der Waals surface area contributed by atoms with Crippen molar-refractivity contribution in [2.45, 2.75) is 58.2 Å².